The Bertz CT molecular complexity index is 155. The van der Waals surface area contributed by atoms with Crippen LogP contribution in [0.4, 0.5) is 0 Å². The molecule has 0 fully saturated rings. The van der Waals surface area contributed by atoms with Crippen molar-refractivity contribution < 1.29 is 0 Å². The van der Waals surface area contributed by atoms with Crippen molar-refractivity contribution >= 4 is 14.5 Å². The first-order valence-electron chi connectivity index (χ1n) is 2.43. The molecule has 0 aliphatic rings. The van der Waals surface area contributed by atoms with E-state index in [4.69, 9.17) is 0 Å². The molecule has 0 spiro atoms. The van der Waals surface area contributed by atoms with Crippen molar-refractivity contribution in [3.63, 3.8) is 0 Å². The summed E-state index contributed by atoms with van der Waals surface area (Å²) >= 11 is 0.536. The molecule has 0 aromatic carbocycles. The van der Waals surface area contributed by atoms with Gasteiger partial charge in [-0.25, -0.2) is 0 Å². The van der Waals surface area contributed by atoms with Gasteiger partial charge in [-0.3, -0.25) is 0 Å². The van der Waals surface area contributed by atoms with E-state index in [1.165, 1.54) is 4.57 Å². The molecular weight excluding hydrogens is 165 g/mol. The van der Waals surface area contributed by atoms with E-state index < -0.39 is 0 Å². The molecule has 2 heteroatoms. The van der Waals surface area contributed by atoms with Gasteiger partial charge in [0.2, 0.25) is 0 Å². The Morgan fingerprint density at radius 1 is 1.88 bits per heavy atom. The third kappa shape index (κ3) is 1.32. The summed E-state index contributed by atoms with van der Waals surface area (Å²) in [4.78, 5) is 6.23. The van der Waals surface area contributed by atoms with Crippen molar-refractivity contribution in [3.05, 3.63) is 28.4 Å². The van der Waals surface area contributed by atoms with Gasteiger partial charge < -0.3 is 0 Å². The van der Waals surface area contributed by atoms with Crippen LogP contribution >= 0.6 is 0 Å². The second-order valence-electron chi connectivity index (χ2n) is 1.42. The third-order valence-electron chi connectivity index (χ3n) is 0.802. The molecule has 0 saturated carbocycles. The summed E-state index contributed by atoms with van der Waals surface area (Å²) in [6, 6.07) is 0. The van der Waals surface area contributed by atoms with E-state index in [1.807, 2.05) is 12.3 Å². The van der Waals surface area contributed by atoms with E-state index in [9.17, 15) is 0 Å². The van der Waals surface area contributed by atoms with E-state index in [2.05, 4.69) is 16.5 Å². The molecule has 1 heterocycles. The predicted octanol–water partition coefficient (Wildman–Crippen LogP) is 0.867. The second-order valence-corrected chi connectivity index (χ2v) is 3.47. The molecule has 0 radical (unpaired) electrons. The van der Waals surface area contributed by atoms with Crippen LogP contribution in [0.5, 0.6) is 0 Å². The SMILES string of the molecule is C=CCc1ncc[se]1. The van der Waals surface area contributed by atoms with E-state index >= 15 is 0 Å². The van der Waals surface area contributed by atoms with Crippen LogP contribution in [0.3, 0.4) is 0 Å². The van der Waals surface area contributed by atoms with Crippen LogP contribution in [0.2, 0.25) is 0 Å². The zero-order valence-corrected chi connectivity index (χ0v) is 6.21. The molecule has 0 aliphatic carbocycles. The van der Waals surface area contributed by atoms with Crippen molar-refractivity contribution in [2.24, 2.45) is 0 Å². The molecule has 1 nitrogen and oxygen atoms in total. The van der Waals surface area contributed by atoms with Crippen LogP contribution in [-0.4, -0.2) is 19.5 Å². The first-order chi connectivity index (χ1) is 3.93. The molecule has 0 unspecified atom stereocenters. The summed E-state index contributed by atoms with van der Waals surface area (Å²) in [7, 11) is 0. The van der Waals surface area contributed by atoms with E-state index in [0.29, 0.717) is 14.5 Å². The zero-order valence-electron chi connectivity index (χ0n) is 4.50. The molecule has 1 aromatic rings. The summed E-state index contributed by atoms with van der Waals surface area (Å²) in [5, 5.41) is 0. The molecular formula is C6H7NSe. The normalized spacial score (nSPS) is 9.00. The Balaban J connectivity index is 2.62. The minimum atomic E-state index is 0.536. The standard InChI is InChI=1S/C6H7NSe/c1-2-3-6-7-4-5-8-6/h2,4-5H,1,3H2. The fraction of sp³-hybridized carbons (Fsp3) is 0.167. The Hall–Kier alpha value is -0.331. The molecule has 0 amide bonds. The van der Waals surface area contributed by atoms with Crippen molar-refractivity contribution in [2.75, 3.05) is 0 Å². The van der Waals surface area contributed by atoms with Gasteiger partial charge in [0.25, 0.3) is 0 Å². The second kappa shape index (κ2) is 2.85. The van der Waals surface area contributed by atoms with Gasteiger partial charge >= 0.3 is 54.3 Å². The Morgan fingerprint density at radius 3 is 3.25 bits per heavy atom. The van der Waals surface area contributed by atoms with Gasteiger partial charge in [0.1, 0.15) is 0 Å². The topological polar surface area (TPSA) is 12.9 Å². The fourth-order valence-electron chi connectivity index (χ4n) is 0.477. The van der Waals surface area contributed by atoms with E-state index in [0.717, 1.165) is 6.42 Å². The number of hydrogen-bond donors (Lipinski definition) is 0. The first kappa shape index (κ1) is 5.80. The number of hydrogen-bond acceptors (Lipinski definition) is 1. The molecule has 0 atom stereocenters. The average Bonchev–Trinajstić information content (AvgIpc) is 2.19. The number of allylic oxidation sites excluding steroid dienone is 1. The molecule has 0 aliphatic heterocycles. The predicted molar refractivity (Wildman–Crippen MR) is 35.1 cm³/mol. The van der Waals surface area contributed by atoms with Crippen LogP contribution in [0, 0.1) is 0 Å². The molecule has 1 rings (SSSR count). The van der Waals surface area contributed by atoms with E-state index in [1.54, 1.807) is 0 Å². The maximum atomic E-state index is 4.12. The first-order valence-corrected chi connectivity index (χ1v) is 4.27. The van der Waals surface area contributed by atoms with Crippen molar-refractivity contribution in [2.45, 2.75) is 6.42 Å². The van der Waals surface area contributed by atoms with Crippen LogP contribution in [-0.2, 0) is 6.42 Å². The Kier molecular flexibility index (Phi) is 2.07. The van der Waals surface area contributed by atoms with Crippen LogP contribution < -0.4 is 0 Å². The number of nitrogens with zero attached hydrogens (tertiary/aromatic N) is 1. The fourth-order valence-corrected chi connectivity index (χ4v) is 1.77. The quantitative estimate of drug-likeness (QED) is 0.476. The summed E-state index contributed by atoms with van der Waals surface area (Å²) in [5.41, 5.74) is 0. The third-order valence-corrected chi connectivity index (χ3v) is 2.48. The molecule has 0 bridgehead atoms. The summed E-state index contributed by atoms with van der Waals surface area (Å²) in [6.07, 6.45) is 4.74. The summed E-state index contributed by atoms with van der Waals surface area (Å²) < 4.78 is 1.28. The number of aromatic nitrogens is 1. The van der Waals surface area contributed by atoms with Gasteiger partial charge in [-0.05, 0) is 0 Å². The maximum absolute atomic E-state index is 4.12. The van der Waals surface area contributed by atoms with Gasteiger partial charge in [0.05, 0.1) is 0 Å². The molecule has 0 saturated heterocycles. The van der Waals surface area contributed by atoms with Gasteiger partial charge in [-0.15, -0.1) is 0 Å². The molecule has 0 N–H and O–H groups in total. The van der Waals surface area contributed by atoms with Gasteiger partial charge in [0.15, 0.2) is 0 Å². The average molecular weight is 172 g/mol. The monoisotopic (exact) mass is 173 g/mol. The number of rotatable bonds is 2. The van der Waals surface area contributed by atoms with Crippen molar-refractivity contribution in [3.8, 4) is 0 Å². The molecule has 42 valence electrons. The van der Waals surface area contributed by atoms with Crippen molar-refractivity contribution in [1.82, 2.24) is 4.98 Å². The van der Waals surface area contributed by atoms with Gasteiger partial charge in [-0.2, -0.15) is 0 Å². The van der Waals surface area contributed by atoms with Gasteiger partial charge in [0, 0.05) is 0 Å². The van der Waals surface area contributed by atoms with Crippen LogP contribution in [0.15, 0.2) is 23.8 Å². The van der Waals surface area contributed by atoms with Crippen LogP contribution in [0.1, 0.15) is 4.57 Å². The Morgan fingerprint density at radius 2 is 2.75 bits per heavy atom. The van der Waals surface area contributed by atoms with Gasteiger partial charge in [-0.1, -0.05) is 0 Å². The molecule has 1 aromatic heterocycles. The summed E-state index contributed by atoms with van der Waals surface area (Å²) in [6.45, 7) is 3.63. The summed E-state index contributed by atoms with van der Waals surface area (Å²) in [5.74, 6) is 0. The molecule has 8 heavy (non-hydrogen) atoms. The zero-order chi connectivity index (χ0) is 5.82. The minimum absolute atomic E-state index is 0.536. The Labute approximate surface area is 54.8 Å². The van der Waals surface area contributed by atoms with E-state index in [-0.39, 0.29) is 0 Å². The van der Waals surface area contributed by atoms with Crippen molar-refractivity contribution in [1.29, 1.82) is 0 Å². The van der Waals surface area contributed by atoms with Crippen LogP contribution in [0.25, 0.3) is 0 Å².